The number of halogens is 3. The summed E-state index contributed by atoms with van der Waals surface area (Å²) in [5, 5.41) is 0.154. The van der Waals surface area contributed by atoms with Gasteiger partial charge < -0.3 is 5.73 Å². The van der Waals surface area contributed by atoms with Gasteiger partial charge in [-0.1, -0.05) is 11.6 Å². The zero-order valence-corrected chi connectivity index (χ0v) is 13.6. The molecule has 3 N–H and O–H groups in total. The second-order valence-corrected chi connectivity index (χ2v) is 7.16. The molecule has 0 aliphatic heterocycles. The molecule has 0 aromatic heterocycles. The summed E-state index contributed by atoms with van der Waals surface area (Å²) in [6.45, 7) is 0. The Hall–Kier alpha value is -1.06. The maximum Gasteiger partial charge on any atom is 0.261 e. The minimum absolute atomic E-state index is 0.0168. The minimum Gasteiger partial charge on any atom is -0.398 e. The van der Waals surface area contributed by atoms with Crippen LogP contribution in [0.4, 0.5) is 15.8 Å². The van der Waals surface area contributed by atoms with Crippen LogP contribution in [0.1, 0.15) is 0 Å². The summed E-state index contributed by atoms with van der Waals surface area (Å²) < 4.78 is 40.2. The van der Waals surface area contributed by atoms with E-state index in [4.69, 9.17) is 17.3 Å². The number of rotatable bonds is 3. The fourth-order valence-corrected chi connectivity index (χ4v) is 3.60. The second kappa shape index (κ2) is 5.74. The Morgan fingerprint density at radius 3 is 2.50 bits per heavy atom. The van der Waals surface area contributed by atoms with Crippen LogP contribution in [0.5, 0.6) is 0 Å². The molecule has 0 atom stereocenters. The summed E-state index contributed by atoms with van der Waals surface area (Å²) in [4.78, 5) is -0.0168. The summed E-state index contributed by atoms with van der Waals surface area (Å²) in [7, 11) is -3.81. The molecule has 0 saturated carbocycles. The molecule has 0 radical (unpaired) electrons. The molecule has 4 nitrogen and oxygen atoms in total. The molecule has 0 fully saturated rings. The fraction of sp³-hybridized carbons (Fsp3) is 0. The van der Waals surface area contributed by atoms with E-state index < -0.39 is 15.8 Å². The van der Waals surface area contributed by atoms with E-state index in [0.29, 0.717) is 14.9 Å². The van der Waals surface area contributed by atoms with Gasteiger partial charge in [0.15, 0.2) is 0 Å². The van der Waals surface area contributed by atoms with Gasteiger partial charge in [0, 0.05) is 3.57 Å². The van der Waals surface area contributed by atoms with Crippen LogP contribution < -0.4 is 10.5 Å². The van der Waals surface area contributed by atoms with Gasteiger partial charge in [-0.2, -0.15) is 0 Å². The molecule has 0 unspecified atom stereocenters. The Labute approximate surface area is 134 Å². The van der Waals surface area contributed by atoms with Crippen LogP contribution in [0.3, 0.4) is 0 Å². The van der Waals surface area contributed by atoms with E-state index in [2.05, 4.69) is 4.72 Å². The van der Waals surface area contributed by atoms with Crippen molar-refractivity contribution in [3.05, 3.63) is 50.8 Å². The highest BCUT2D eigenvalue weighted by Crippen LogP contribution is 2.26. The Morgan fingerprint density at radius 2 is 1.90 bits per heavy atom. The number of nitrogens with one attached hydrogen (secondary N) is 1. The molecular formula is C12H9ClFIN2O2S. The van der Waals surface area contributed by atoms with E-state index in [9.17, 15) is 12.8 Å². The number of nitrogen functional groups attached to an aromatic ring is 1. The van der Waals surface area contributed by atoms with Crippen LogP contribution in [-0.2, 0) is 10.0 Å². The van der Waals surface area contributed by atoms with Gasteiger partial charge in [0.25, 0.3) is 10.0 Å². The highest BCUT2D eigenvalue weighted by Gasteiger charge is 2.17. The summed E-state index contributed by atoms with van der Waals surface area (Å²) in [5.41, 5.74) is 6.12. The Morgan fingerprint density at radius 1 is 1.20 bits per heavy atom. The Bertz CT molecular complexity index is 768. The standard InChI is InChI=1S/C12H9ClFIN2O2S/c13-9-6-8(2-3-11(9)16)20(18,19)17-12-4-1-7(14)5-10(12)15/h1-6,17H,16H2. The van der Waals surface area contributed by atoms with Crippen LogP contribution in [0.2, 0.25) is 5.02 Å². The summed E-state index contributed by atoms with van der Waals surface area (Å²) >= 11 is 7.65. The van der Waals surface area contributed by atoms with Crippen LogP contribution in [0, 0.1) is 9.39 Å². The van der Waals surface area contributed by atoms with Gasteiger partial charge in [-0.15, -0.1) is 0 Å². The van der Waals surface area contributed by atoms with E-state index in [1.54, 1.807) is 0 Å². The number of sulfonamides is 1. The highest BCUT2D eigenvalue weighted by molar-refractivity contribution is 14.1. The van der Waals surface area contributed by atoms with Gasteiger partial charge in [-0.25, -0.2) is 12.8 Å². The third-order valence-electron chi connectivity index (χ3n) is 2.46. The minimum atomic E-state index is -3.81. The van der Waals surface area contributed by atoms with Crippen molar-refractivity contribution in [1.82, 2.24) is 0 Å². The zero-order chi connectivity index (χ0) is 14.9. The lowest BCUT2D eigenvalue weighted by Crippen LogP contribution is -2.14. The molecule has 2 aromatic carbocycles. The largest absolute Gasteiger partial charge is 0.398 e. The maximum atomic E-state index is 13.0. The smallest absolute Gasteiger partial charge is 0.261 e. The zero-order valence-electron chi connectivity index (χ0n) is 9.90. The molecule has 2 aromatic rings. The molecule has 0 aliphatic carbocycles. The second-order valence-electron chi connectivity index (χ2n) is 3.91. The Balaban J connectivity index is 2.38. The predicted molar refractivity (Wildman–Crippen MR) is 85.8 cm³/mol. The monoisotopic (exact) mass is 426 g/mol. The third kappa shape index (κ3) is 3.33. The van der Waals surface area contributed by atoms with Crippen molar-refractivity contribution in [2.45, 2.75) is 4.90 Å². The van der Waals surface area contributed by atoms with Crippen LogP contribution in [0.25, 0.3) is 0 Å². The van der Waals surface area contributed by atoms with Gasteiger partial charge >= 0.3 is 0 Å². The number of benzene rings is 2. The first-order valence-corrected chi connectivity index (χ1v) is 8.26. The van der Waals surface area contributed by atoms with Gasteiger partial charge in [-0.3, -0.25) is 4.72 Å². The molecule has 0 spiro atoms. The molecule has 0 heterocycles. The molecule has 2 rings (SSSR count). The van der Waals surface area contributed by atoms with E-state index in [1.165, 1.54) is 36.4 Å². The normalized spacial score (nSPS) is 11.3. The van der Waals surface area contributed by atoms with Gasteiger partial charge in [0.2, 0.25) is 0 Å². The van der Waals surface area contributed by atoms with Crippen molar-refractivity contribution in [2.24, 2.45) is 0 Å². The van der Waals surface area contributed by atoms with E-state index >= 15 is 0 Å². The first kappa shape index (κ1) is 15.3. The van der Waals surface area contributed by atoms with Crippen molar-refractivity contribution in [3.63, 3.8) is 0 Å². The molecule has 20 heavy (non-hydrogen) atoms. The average Bonchev–Trinajstić information content (AvgIpc) is 2.36. The molecule has 0 amide bonds. The van der Waals surface area contributed by atoms with Gasteiger partial charge in [-0.05, 0) is 59.0 Å². The lowest BCUT2D eigenvalue weighted by Gasteiger charge is -2.10. The van der Waals surface area contributed by atoms with E-state index in [-0.39, 0.29) is 9.92 Å². The number of anilines is 2. The lowest BCUT2D eigenvalue weighted by molar-refractivity contribution is 0.601. The van der Waals surface area contributed by atoms with Crippen molar-refractivity contribution < 1.29 is 12.8 Å². The quantitative estimate of drug-likeness (QED) is 0.583. The molecular weight excluding hydrogens is 418 g/mol. The van der Waals surface area contributed by atoms with Gasteiger partial charge in [0.05, 0.1) is 21.3 Å². The van der Waals surface area contributed by atoms with Crippen molar-refractivity contribution >= 4 is 55.6 Å². The number of hydrogen-bond acceptors (Lipinski definition) is 3. The number of nitrogens with two attached hydrogens (primary N) is 1. The average molecular weight is 427 g/mol. The third-order valence-corrected chi connectivity index (χ3v) is 5.04. The summed E-state index contributed by atoms with van der Waals surface area (Å²) in [6.07, 6.45) is 0. The topological polar surface area (TPSA) is 72.2 Å². The molecule has 106 valence electrons. The highest BCUT2D eigenvalue weighted by atomic mass is 127. The fourth-order valence-electron chi connectivity index (χ4n) is 1.45. The molecule has 0 bridgehead atoms. The van der Waals surface area contributed by atoms with Crippen LogP contribution in [-0.4, -0.2) is 8.42 Å². The molecule has 8 heteroatoms. The van der Waals surface area contributed by atoms with Crippen molar-refractivity contribution in [1.29, 1.82) is 0 Å². The summed E-state index contributed by atoms with van der Waals surface area (Å²) in [5.74, 6) is -0.437. The number of hydrogen-bond donors (Lipinski definition) is 2. The van der Waals surface area contributed by atoms with E-state index in [1.807, 2.05) is 22.6 Å². The summed E-state index contributed by atoms with van der Waals surface area (Å²) in [6, 6.07) is 7.78. The van der Waals surface area contributed by atoms with E-state index in [0.717, 1.165) is 0 Å². The maximum absolute atomic E-state index is 13.0. The van der Waals surface area contributed by atoms with Crippen molar-refractivity contribution in [2.75, 3.05) is 10.5 Å². The van der Waals surface area contributed by atoms with Gasteiger partial charge in [0.1, 0.15) is 5.82 Å². The Kier molecular flexibility index (Phi) is 4.40. The first-order chi connectivity index (χ1) is 9.29. The van der Waals surface area contributed by atoms with Crippen molar-refractivity contribution in [3.8, 4) is 0 Å². The van der Waals surface area contributed by atoms with Crippen LogP contribution >= 0.6 is 34.2 Å². The lowest BCUT2D eigenvalue weighted by atomic mass is 10.3. The first-order valence-electron chi connectivity index (χ1n) is 5.32. The molecule has 0 aliphatic rings. The predicted octanol–water partition coefficient (Wildman–Crippen LogP) is 3.47. The van der Waals surface area contributed by atoms with Crippen LogP contribution in [0.15, 0.2) is 41.3 Å². The molecule has 0 saturated heterocycles. The SMILES string of the molecule is Nc1ccc(S(=O)(=O)Nc2ccc(F)cc2I)cc1Cl.